The first kappa shape index (κ1) is 14.9. The number of nitrogens with zero attached hydrogens (tertiary/aromatic N) is 3. The molecule has 1 fully saturated rings. The number of morpholine rings is 1. The lowest BCUT2D eigenvalue weighted by atomic mass is 10.2. The van der Waals surface area contributed by atoms with Crippen molar-refractivity contribution < 1.29 is 4.74 Å². The van der Waals surface area contributed by atoms with Crippen molar-refractivity contribution in [2.45, 2.75) is 13.0 Å². The summed E-state index contributed by atoms with van der Waals surface area (Å²) in [6.45, 7) is 4.70. The molecule has 5 heteroatoms. The molecule has 2 aromatic carbocycles. The van der Waals surface area contributed by atoms with Crippen molar-refractivity contribution in [2.24, 2.45) is 0 Å². The van der Waals surface area contributed by atoms with Crippen LogP contribution in [-0.2, 0) is 4.74 Å². The Morgan fingerprint density at radius 1 is 1.08 bits per heavy atom. The lowest BCUT2D eigenvalue weighted by Gasteiger charge is -2.35. The van der Waals surface area contributed by atoms with Gasteiger partial charge in [-0.05, 0) is 43.3 Å². The van der Waals surface area contributed by atoms with Gasteiger partial charge in [0, 0.05) is 29.3 Å². The van der Waals surface area contributed by atoms with Crippen molar-refractivity contribution in [3.8, 4) is 0 Å². The van der Waals surface area contributed by atoms with E-state index >= 15 is 0 Å². The molecule has 0 radical (unpaired) electrons. The Bertz CT molecular complexity index is 829. The third-order valence-corrected chi connectivity index (χ3v) is 4.37. The molecule has 2 heterocycles. The van der Waals surface area contributed by atoms with Crippen LogP contribution in [0.4, 0.5) is 17.2 Å². The highest BCUT2D eigenvalue weighted by Crippen LogP contribution is 2.25. The molecule has 1 aliphatic rings. The summed E-state index contributed by atoms with van der Waals surface area (Å²) < 4.78 is 5.51. The Labute approximate surface area is 141 Å². The van der Waals surface area contributed by atoms with Crippen LogP contribution in [0.1, 0.15) is 6.92 Å². The highest BCUT2D eigenvalue weighted by atomic mass is 16.5. The van der Waals surface area contributed by atoms with Gasteiger partial charge in [-0.2, -0.15) is 0 Å². The smallest absolute Gasteiger partial charge is 0.141 e. The first-order valence-electron chi connectivity index (χ1n) is 8.22. The molecule has 5 nitrogen and oxygen atoms in total. The Hall–Kier alpha value is -2.66. The van der Waals surface area contributed by atoms with Crippen LogP contribution in [0, 0.1) is 0 Å². The van der Waals surface area contributed by atoms with E-state index in [2.05, 4.69) is 51.4 Å². The summed E-state index contributed by atoms with van der Waals surface area (Å²) in [6, 6.07) is 16.9. The highest BCUT2D eigenvalue weighted by molar-refractivity contribution is 5.90. The Morgan fingerprint density at radius 3 is 2.75 bits per heavy atom. The molecule has 122 valence electrons. The van der Waals surface area contributed by atoms with Crippen LogP contribution in [0.2, 0.25) is 0 Å². The third-order valence-electron chi connectivity index (χ3n) is 4.37. The monoisotopic (exact) mass is 320 g/mol. The van der Waals surface area contributed by atoms with E-state index in [0.29, 0.717) is 6.04 Å². The highest BCUT2D eigenvalue weighted by Gasteiger charge is 2.18. The minimum Gasteiger partial charge on any atom is -0.377 e. The zero-order valence-electron chi connectivity index (χ0n) is 13.6. The van der Waals surface area contributed by atoms with E-state index in [0.717, 1.165) is 42.2 Å². The Balaban J connectivity index is 1.57. The average molecular weight is 320 g/mol. The molecule has 1 unspecified atom stereocenters. The summed E-state index contributed by atoms with van der Waals surface area (Å²) in [5, 5.41) is 4.41. The number of rotatable bonds is 3. The van der Waals surface area contributed by atoms with Crippen LogP contribution >= 0.6 is 0 Å². The number of anilines is 3. The standard InChI is InChI=1S/C19H20N4O/c1-14-12-24-11-10-23(14)16-8-6-15(7-9-16)22-19-17-4-2-3-5-18(17)20-13-21-19/h2-9,13-14H,10-12H2,1H3,(H,20,21,22). The van der Waals surface area contributed by atoms with Crippen LogP contribution in [0.5, 0.6) is 0 Å². The fraction of sp³-hybridized carbons (Fsp3) is 0.263. The number of nitrogens with one attached hydrogen (secondary N) is 1. The fourth-order valence-electron chi connectivity index (χ4n) is 3.09. The summed E-state index contributed by atoms with van der Waals surface area (Å²) in [5.41, 5.74) is 3.18. The average Bonchev–Trinajstić information content (AvgIpc) is 2.63. The van der Waals surface area contributed by atoms with Crippen molar-refractivity contribution in [2.75, 3.05) is 30.0 Å². The second-order valence-electron chi connectivity index (χ2n) is 6.03. The number of benzene rings is 2. The van der Waals surface area contributed by atoms with Gasteiger partial charge in [-0.1, -0.05) is 12.1 Å². The minimum absolute atomic E-state index is 0.406. The summed E-state index contributed by atoms with van der Waals surface area (Å²) in [5.74, 6) is 0.827. The van der Waals surface area contributed by atoms with Crippen LogP contribution in [-0.4, -0.2) is 35.8 Å². The van der Waals surface area contributed by atoms with Crippen molar-refractivity contribution in [3.63, 3.8) is 0 Å². The number of para-hydroxylation sites is 1. The maximum Gasteiger partial charge on any atom is 0.141 e. The third kappa shape index (κ3) is 2.90. The van der Waals surface area contributed by atoms with E-state index in [9.17, 15) is 0 Å². The molecule has 4 rings (SSSR count). The molecule has 0 spiro atoms. The van der Waals surface area contributed by atoms with E-state index in [1.54, 1.807) is 6.33 Å². The first-order valence-corrected chi connectivity index (χ1v) is 8.22. The second-order valence-corrected chi connectivity index (χ2v) is 6.03. The molecule has 0 aliphatic carbocycles. The van der Waals surface area contributed by atoms with Crippen molar-refractivity contribution in [1.29, 1.82) is 0 Å². The molecule has 1 atom stereocenters. The number of ether oxygens (including phenoxy) is 1. The maximum atomic E-state index is 5.51. The van der Waals surface area contributed by atoms with Crippen LogP contribution in [0.25, 0.3) is 10.9 Å². The molecule has 3 aromatic rings. The van der Waals surface area contributed by atoms with E-state index in [1.165, 1.54) is 5.69 Å². The summed E-state index contributed by atoms with van der Waals surface area (Å²) in [6.07, 6.45) is 1.59. The number of aromatic nitrogens is 2. The van der Waals surface area contributed by atoms with E-state index in [4.69, 9.17) is 4.74 Å². The van der Waals surface area contributed by atoms with Gasteiger partial charge in [-0.15, -0.1) is 0 Å². The Kier molecular flexibility index (Phi) is 4.01. The Morgan fingerprint density at radius 2 is 1.92 bits per heavy atom. The van der Waals surface area contributed by atoms with Gasteiger partial charge in [-0.25, -0.2) is 9.97 Å². The molecular weight excluding hydrogens is 300 g/mol. The SMILES string of the molecule is CC1COCCN1c1ccc(Nc2ncnc3ccccc23)cc1. The van der Waals surface area contributed by atoms with Gasteiger partial charge >= 0.3 is 0 Å². The van der Waals surface area contributed by atoms with Crippen LogP contribution < -0.4 is 10.2 Å². The number of fused-ring (bicyclic) bond motifs is 1. The molecule has 0 amide bonds. The van der Waals surface area contributed by atoms with E-state index < -0.39 is 0 Å². The predicted octanol–water partition coefficient (Wildman–Crippen LogP) is 3.60. The van der Waals surface area contributed by atoms with Gasteiger partial charge in [0.25, 0.3) is 0 Å². The van der Waals surface area contributed by atoms with Gasteiger partial charge in [0.05, 0.1) is 18.7 Å². The molecule has 1 aliphatic heterocycles. The molecule has 24 heavy (non-hydrogen) atoms. The zero-order chi connectivity index (χ0) is 16.4. The van der Waals surface area contributed by atoms with Crippen LogP contribution in [0.15, 0.2) is 54.9 Å². The molecule has 1 saturated heterocycles. The van der Waals surface area contributed by atoms with E-state index in [1.807, 2.05) is 24.3 Å². The van der Waals surface area contributed by atoms with Gasteiger partial charge in [0.1, 0.15) is 12.1 Å². The lowest BCUT2D eigenvalue weighted by molar-refractivity contribution is 0.0989. The van der Waals surface area contributed by atoms with Gasteiger partial charge in [-0.3, -0.25) is 0 Å². The first-order chi connectivity index (χ1) is 11.8. The molecule has 1 aromatic heterocycles. The van der Waals surface area contributed by atoms with Crippen molar-refractivity contribution in [1.82, 2.24) is 9.97 Å². The molecule has 1 N–H and O–H groups in total. The number of hydrogen-bond donors (Lipinski definition) is 1. The fourth-order valence-corrected chi connectivity index (χ4v) is 3.09. The normalized spacial score (nSPS) is 17.9. The van der Waals surface area contributed by atoms with Gasteiger partial charge in [0.2, 0.25) is 0 Å². The van der Waals surface area contributed by atoms with E-state index in [-0.39, 0.29) is 0 Å². The van der Waals surface area contributed by atoms with Crippen LogP contribution in [0.3, 0.4) is 0 Å². The molecule has 0 saturated carbocycles. The number of hydrogen-bond acceptors (Lipinski definition) is 5. The summed E-state index contributed by atoms with van der Waals surface area (Å²) in [4.78, 5) is 11.1. The molecular formula is C19H20N4O. The molecule has 0 bridgehead atoms. The quantitative estimate of drug-likeness (QED) is 0.799. The zero-order valence-corrected chi connectivity index (χ0v) is 13.6. The lowest BCUT2D eigenvalue weighted by Crippen LogP contribution is -2.43. The van der Waals surface area contributed by atoms with Gasteiger partial charge < -0.3 is 15.0 Å². The second kappa shape index (κ2) is 6.45. The topological polar surface area (TPSA) is 50.3 Å². The maximum absolute atomic E-state index is 5.51. The predicted molar refractivity (Wildman–Crippen MR) is 96.9 cm³/mol. The van der Waals surface area contributed by atoms with Crippen molar-refractivity contribution in [3.05, 3.63) is 54.9 Å². The summed E-state index contributed by atoms with van der Waals surface area (Å²) in [7, 11) is 0. The van der Waals surface area contributed by atoms with Crippen molar-refractivity contribution >= 4 is 28.1 Å². The van der Waals surface area contributed by atoms with Gasteiger partial charge in [0.15, 0.2) is 0 Å². The summed E-state index contributed by atoms with van der Waals surface area (Å²) >= 11 is 0. The minimum atomic E-state index is 0.406. The largest absolute Gasteiger partial charge is 0.377 e.